The Bertz CT molecular complexity index is 1030. The van der Waals surface area contributed by atoms with Crippen LogP contribution in [0.5, 0.6) is 0 Å². The van der Waals surface area contributed by atoms with Gasteiger partial charge in [-0.15, -0.1) is 11.3 Å². The second kappa shape index (κ2) is 6.77. The fraction of sp³-hybridized carbons (Fsp3) is 0.100. The first-order chi connectivity index (χ1) is 13.1. The largest absolute Gasteiger partial charge is 0.298 e. The molecule has 4 rings (SSSR count). The van der Waals surface area contributed by atoms with Crippen LogP contribution in [0.25, 0.3) is 0 Å². The number of fused-ring (bicyclic) bond motifs is 1. The molecule has 1 unspecified atom stereocenters. The summed E-state index contributed by atoms with van der Waals surface area (Å²) in [6, 6.07) is 13.5. The molecule has 0 bridgehead atoms. The van der Waals surface area contributed by atoms with Crippen LogP contribution in [0.15, 0.2) is 60.1 Å². The molecule has 134 valence electrons. The van der Waals surface area contributed by atoms with Gasteiger partial charge in [0.1, 0.15) is 0 Å². The van der Waals surface area contributed by atoms with Gasteiger partial charge in [-0.25, -0.2) is 4.98 Å². The maximum atomic E-state index is 12.9. The summed E-state index contributed by atoms with van der Waals surface area (Å²) in [5.74, 6) is -1.11. The zero-order valence-electron chi connectivity index (χ0n) is 14.4. The molecule has 0 aliphatic carbocycles. The Hall–Kier alpha value is -3.32. The smallest absolute Gasteiger partial charge is 0.262 e. The molecule has 0 fully saturated rings. The molecule has 27 heavy (non-hydrogen) atoms. The molecule has 0 spiro atoms. The van der Waals surface area contributed by atoms with Crippen LogP contribution in [0, 0.1) is 0 Å². The molecule has 0 saturated carbocycles. The molecule has 1 aliphatic heterocycles. The van der Waals surface area contributed by atoms with E-state index in [1.54, 1.807) is 17.6 Å². The van der Waals surface area contributed by atoms with Crippen molar-refractivity contribution < 1.29 is 14.4 Å². The summed E-state index contributed by atoms with van der Waals surface area (Å²) >= 11 is 1.30. The van der Waals surface area contributed by atoms with Crippen LogP contribution < -0.4 is 5.32 Å². The van der Waals surface area contributed by atoms with Crippen molar-refractivity contribution >= 4 is 34.2 Å². The summed E-state index contributed by atoms with van der Waals surface area (Å²) in [7, 11) is 0. The number of carbonyl (C=O) groups is 3. The molecule has 1 N–H and O–H groups in total. The van der Waals surface area contributed by atoms with E-state index in [2.05, 4.69) is 10.3 Å². The van der Waals surface area contributed by atoms with Gasteiger partial charge in [-0.2, -0.15) is 0 Å². The molecule has 2 aromatic carbocycles. The number of aromatic nitrogens is 1. The number of hydrogen-bond donors (Lipinski definition) is 1. The summed E-state index contributed by atoms with van der Waals surface area (Å²) in [5.41, 5.74) is 1.73. The van der Waals surface area contributed by atoms with E-state index < -0.39 is 11.9 Å². The molecule has 0 radical (unpaired) electrons. The van der Waals surface area contributed by atoms with Gasteiger partial charge in [-0.1, -0.05) is 30.3 Å². The average Bonchev–Trinajstić information content (AvgIpc) is 3.28. The maximum absolute atomic E-state index is 12.9. The number of anilines is 1. The van der Waals surface area contributed by atoms with Gasteiger partial charge in [-0.05, 0) is 30.7 Å². The fourth-order valence-corrected chi connectivity index (χ4v) is 3.61. The minimum absolute atomic E-state index is 0.245. The first-order valence-corrected chi connectivity index (χ1v) is 9.22. The minimum Gasteiger partial charge on any atom is -0.298 e. The van der Waals surface area contributed by atoms with E-state index in [4.69, 9.17) is 0 Å². The number of imide groups is 1. The Morgan fingerprint density at radius 2 is 1.81 bits per heavy atom. The van der Waals surface area contributed by atoms with Crippen molar-refractivity contribution in [2.75, 3.05) is 5.32 Å². The second-order valence-electron chi connectivity index (χ2n) is 6.12. The summed E-state index contributed by atoms with van der Waals surface area (Å²) in [4.78, 5) is 43.3. The topological polar surface area (TPSA) is 79.4 Å². The molecule has 3 aromatic rings. The zero-order chi connectivity index (χ0) is 19.0. The van der Waals surface area contributed by atoms with Gasteiger partial charge in [0.2, 0.25) is 0 Å². The summed E-state index contributed by atoms with van der Waals surface area (Å²) < 4.78 is 0. The first-order valence-electron chi connectivity index (χ1n) is 8.34. The van der Waals surface area contributed by atoms with Gasteiger partial charge in [0, 0.05) is 17.1 Å². The van der Waals surface area contributed by atoms with E-state index in [0.29, 0.717) is 16.3 Å². The summed E-state index contributed by atoms with van der Waals surface area (Å²) in [5, 5.41) is 4.90. The van der Waals surface area contributed by atoms with Crippen LogP contribution in [0.4, 0.5) is 5.13 Å². The van der Waals surface area contributed by atoms with Crippen molar-refractivity contribution in [3.8, 4) is 0 Å². The number of rotatable bonds is 4. The van der Waals surface area contributed by atoms with Crippen molar-refractivity contribution in [3.05, 3.63) is 82.4 Å². The number of amides is 3. The molecule has 2 heterocycles. The molecule has 1 aromatic heterocycles. The van der Waals surface area contributed by atoms with Crippen LogP contribution in [-0.2, 0) is 0 Å². The van der Waals surface area contributed by atoms with Gasteiger partial charge in [0.15, 0.2) is 5.13 Å². The van der Waals surface area contributed by atoms with Gasteiger partial charge < -0.3 is 0 Å². The number of hydrogen-bond acceptors (Lipinski definition) is 5. The summed E-state index contributed by atoms with van der Waals surface area (Å²) in [6.07, 6.45) is 1.59. The van der Waals surface area contributed by atoms with E-state index >= 15 is 0 Å². The highest BCUT2D eigenvalue weighted by Crippen LogP contribution is 2.31. The lowest BCUT2D eigenvalue weighted by atomic mass is 10.1. The third kappa shape index (κ3) is 3.02. The zero-order valence-corrected chi connectivity index (χ0v) is 15.2. The standard InChI is InChI=1S/C20H15N3O3S/c1-12(13-5-3-2-4-6-13)23-18(25)15-8-7-14(11-16(15)19(23)26)17(24)22-20-21-9-10-27-20/h2-12H,1H3,(H,21,22,24). The van der Waals surface area contributed by atoms with Crippen molar-refractivity contribution in [1.29, 1.82) is 0 Å². The van der Waals surface area contributed by atoms with Crippen molar-refractivity contribution in [2.24, 2.45) is 0 Å². The molecule has 3 amide bonds. The Labute approximate surface area is 159 Å². The SMILES string of the molecule is CC(c1ccccc1)N1C(=O)c2ccc(C(=O)Nc3nccs3)cc2C1=O. The molecule has 7 heteroatoms. The van der Waals surface area contributed by atoms with Gasteiger partial charge in [0.05, 0.1) is 17.2 Å². The van der Waals surface area contributed by atoms with Crippen LogP contribution in [0.1, 0.15) is 49.6 Å². The highest BCUT2D eigenvalue weighted by molar-refractivity contribution is 7.13. The molecule has 1 aliphatic rings. The Kier molecular flexibility index (Phi) is 4.29. The minimum atomic E-state index is -0.397. The molecule has 6 nitrogen and oxygen atoms in total. The predicted molar refractivity (Wildman–Crippen MR) is 102 cm³/mol. The third-order valence-corrected chi connectivity index (χ3v) is 5.19. The first kappa shape index (κ1) is 17.1. The van der Waals surface area contributed by atoms with E-state index in [9.17, 15) is 14.4 Å². The number of nitrogens with zero attached hydrogens (tertiary/aromatic N) is 2. The average molecular weight is 377 g/mol. The van der Waals surface area contributed by atoms with E-state index in [1.165, 1.54) is 28.4 Å². The van der Waals surface area contributed by atoms with Gasteiger partial charge >= 0.3 is 0 Å². The third-order valence-electron chi connectivity index (χ3n) is 4.50. The van der Waals surface area contributed by atoms with Crippen molar-refractivity contribution in [1.82, 2.24) is 9.88 Å². The lowest BCUT2D eigenvalue weighted by Crippen LogP contribution is -2.32. The second-order valence-corrected chi connectivity index (χ2v) is 7.01. The molecule has 1 atom stereocenters. The highest BCUT2D eigenvalue weighted by Gasteiger charge is 2.39. The number of thiazole rings is 1. The highest BCUT2D eigenvalue weighted by atomic mass is 32.1. The fourth-order valence-electron chi connectivity index (χ4n) is 3.09. The van der Waals surface area contributed by atoms with Crippen LogP contribution >= 0.6 is 11.3 Å². The number of nitrogens with one attached hydrogen (secondary N) is 1. The number of carbonyl (C=O) groups excluding carboxylic acids is 3. The van der Waals surface area contributed by atoms with Gasteiger partial charge in [0.25, 0.3) is 17.7 Å². The van der Waals surface area contributed by atoms with Crippen molar-refractivity contribution in [3.63, 3.8) is 0 Å². The molecular formula is C20H15N3O3S. The van der Waals surface area contributed by atoms with E-state index in [0.717, 1.165) is 5.56 Å². The Morgan fingerprint density at radius 3 is 2.52 bits per heavy atom. The van der Waals surface area contributed by atoms with Gasteiger partial charge in [-0.3, -0.25) is 24.6 Å². The predicted octanol–water partition coefficient (Wildman–Crippen LogP) is 3.75. The monoisotopic (exact) mass is 377 g/mol. The van der Waals surface area contributed by atoms with Crippen LogP contribution in [0.3, 0.4) is 0 Å². The Balaban J connectivity index is 1.63. The van der Waals surface area contributed by atoms with E-state index in [-0.39, 0.29) is 17.4 Å². The summed E-state index contributed by atoms with van der Waals surface area (Å²) in [6.45, 7) is 1.81. The Morgan fingerprint density at radius 1 is 1.07 bits per heavy atom. The number of benzene rings is 2. The normalized spacial score (nSPS) is 14.2. The maximum Gasteiger partial charge on any atom is 0.262 e. The lowest BCUT2D eigenvalue weighted by molar-refractivity contribution is 0.0595. The van der Waals surface area contributed by atoms with Crippen LogP contribution in [0.2, 0.25) is 0 Å². The lowest BCUT2D eigenvalue weighted by Gasteiger charge is -2.22. The van der Waals surface area contributed by atoms with Crippen molar-refractivity contribution in [2.45, 2.75) is 13.0 Å². The van der Waals surface area contributed by atoms with Crippen LogP contribution in [-0.4, -0.2) is 27.6 Å². The molecule has 0 saturated heterocycles. The quantitative estimate of drug-likeness (QED) is 0.702. The van der Waals surface area contributed by atoms with E-state index in [1.807, 2.05) is 37.3 Å². The molecular weight excluding hydrogens is 362 g/mol.